The third-order valence-electron chi connectivity index (χ3n) is 5.75. The van der Waals surface area contributed by atoms with Crippen molar-refractivity contribution >= 4 is 22.5 Å². The molecule has 0 spiro atoms. The number of fused-ring (bicyclic) bond motifs is 1. The van der Waals surface area contributed by atoms with E-state index >= 15 is 0 Å². The average molecular weight is 384 g/mol. The molecule has 1 unspecified atom stereocenters. The zero-order valence-electron chi connectivity index (χ0n) is 16.6. The van der Waals surface area contributed by atoms with Crippen molar-refractivity contribution in [3.8, 4) is 0 Å². The summed E-state index contributed by atoms with van der Waals surface area (Å²) in [7, 11) is 0. The summed E-state index contributed by atoms with van der Waals surface area (Å²) < 4.78 is 7.24. The fourth-order valence-corrected chi connectivity index (χ4v) is 4.03. The molecule has 0 aliphatic carbocycles. The molecule has 3 heterocycles. The van der Waals surface area contributed by atoms with Crippen LogP contribution in [0.15, 0.2) is 29.3 Å². The summed E-state index contributed by atoms with van der Waals surface area (Å²) in [6.45, 7) is 7.73. The number of rotatable bonds is 4. The lowest BCUT2D eigenvalue weighted by Crippen LogP contribution is -2.49. The highest BCUT2D eigenvalue weighted by Crippen LogP contribution is 2.22. The summed E-state index contributed by atoms with van der Waals surface area (Å²) in [5.41, 5.74) is 1.76. The molecule has 2 aromatic rings. The first-order chi connectivity index (χ1) is 13.5. The lowest BCUT2D eigenvalue weighted by atomic mass is 10.1. The van der Waals surface area contributed by atoms with Crippen LogP contribution in [0.5, 0.6) is 0 Å². The van der Waals surface area contributed by atoms with Crippen molar-refractivity contribution in [1.82, 2.24) is 14.5 Å². The van der Waals surface area contributed by atoms with Crippen LogP contribution in [-0.4, -0.2) is 59.2 Å². The molecule has 4 rings (SSSR count). The standard InChI is InChI=1S/C21H28N4O3/c1-15(2)25-14-22-19-12-16(5-6-18(19)21(25)27)23-7-9-24(10-8-23)20(26)13-17-4-3-11-28-17/h5-6,12,14-15,17H,3-4,7-11,13H2,1-2H3. The van der Waals surface area contributed by atoms with Gasteiger partial charge in [-0.2, -0.15) is 0 Å². The third-order valence-corrected chi connectivity index (χ3v) is 5.75. The number of carbonyl (C=O) groups excluding carboxylic acids is 1. The summed E-state index contributed by atoms with van der Waals surface area (Å²) in [5, 5.41) is 0.644. The second-order valence-electron chi connectivity index (χ2n) is 7.96. The molecule has 0 N–H and O–H groups in total. The first-order valence-electron chi connectivity index (χ1n) is 10.2. The molecule has 150 valence electrons. The molecule has 0 radical (unpaired) electrons. The van der Waals surface area contributed by atoms with Gasteiger partial charge in [0.2, 0.25) is 5.91 Å². The Bertz CT molecular complexity index is 909. The van der Waals surface area contributed by atoms with E-state index in [-0.39, 0.29) is 23.6 Å². The Balaban J connectivity index is 1.43. The van der Waals surface area contributed by atoms with Gasteiger partial charge in [-0.15, -0.1) is 0 Å². The molecule has 7 nitrogen and oxygen atoms in total. The largest absolute Gasteiger partial charge is 0.378 e. The number of aromatic nitrogens is 2. The first kappa shape index (κ1) is 18.9. The van der Waals surface area contributed by atoms with E-state index in [9.17, 15) is 9.59 Å². The number of hydrogen-bond donors (Lipinski definition) is 0. The number of hydrogen-bond acceptors (Lipinski definition) is 5. The maximum Gasteiger partial charge on any atom is 0.261 e. The van der Waals surface area contributed by atoms with Crippen molar-refractivity contribution in [3.05, 3.63) is 34.9 Å². The minimum absolute atomic E-state index is 0.00361. The molecule has 1 amide bonds. The van der Waals surface area contributed by atoms with Crippen LogP contribution in [0.25, 0.3) is 10.9 Å². The Morgan fingerprint density at radius 1 is 1.25 bits per heavy atom. The molecular weight excluding hydrogens is 356 g/mol. The quantitative estimate of drug-likeness (QED) is 0.808. The Morgan fingerprint density at radius 3 is 2.71 bits per heavy atom. The lowest BCUT2D eigenvalue weighted by molar-refractivity contribution is -0.133. The van der Waals surface area contributed by atoms with Gasteiger partial charge < -0.3 is 14.5 Å². The minimum atomic E-state index is -0.00361. The fraction of sp³-hybridized carbons (Fsp3) is 0.571. The molecule has 2 fully saturated rings. The van der Waals surface area contributed by atoms with Gasteiger partial charge in [-0.1, -0.05) is 0 Å². The molecule has 2 saturated heterocycles. The highest BCUT2D eigenvalue weighted by Gasteiger charge is 2.26. The van der Waals surface area contributed by atoms with Gasteiger partial charge in [0.05, 0.1) is 29.8 Å². The normalized spacial score (nSPS) is 20.3. The van der Waals surface area contributed by atoms with Crippen LogP contribution in [0.1, 0.15) is 39.2 Å². The summed E-state index contributed by atoms with van der Waals surface area (Å²) in [4.78, 5) is 33.7. The van der Waals surface area contributed by atoms with Crippen LogP contribution >= 0.6 is 0 Å². The second kappa shape index (κ2) is 7.91. The molecule has 1 atom stereocenters. The number of benzene rings is 1. The first-order valence-corrected chi connectivity index (χ1v) is 10.2. The summed E-state index contributed by atoms with van der Waals surface area (Å²) in [6.07, 6.45) is 4.29. The van der Waals surface area contributed by atoms with Crippen LogP contribution in [-0.2, 0) is 9.53 Å². The van der Waals surface area contributed by atoms with Crippen LogP contribution in [0.3, 0.4) is 0 Å². The summed E-state index contributed by atoms with van der Waals surface area (Å²) >= 11 is 0. The molecular formula is C21H28N4O3. The van der Waals surface area contributed by atoms with Crippen LogP contribution in [0.4, 0.5) is 5.69 Å². The Hall–Kier alpha value is -2.41. The van der Waals surface area contributed by atoms with Gasteiger partial charge in [0, 0.05) is 44.5 Å². The van der Waals surface area contributed by atoms with E-state index in [0.717, 1.165) is 43.7 Å². The predicted molar refractivity (Wildman–Crippen MR) is 109 cm³/mol. The van der Waals surface area contributed by atoms with E-state index in [0.29, 0.717) is 24.9 Å². The van der Waals surface area contributed by atoms with Gasteiger partial charge in [0.15, 0.2) is 0 Å². The molecule has 1 aromatic heterocycles. The monoisotopic (exact) mass is 384 g/mol. The third kappa shape index (κ3) is 3.76. The van der Waals surface area contributed by atoms with Crippen molar-refractivity contribution in [1.29, 1.82) is 0 Å². The fourth-order valence-electron chi connectivity index (χ4n) is 4.03. The molecule has 0 bridgehead atoms. The van der Waals surface area contributed by atoms with Crippen molar-refractivity contribution in [2.45, 2.75) is 45.3 Å². The van der Waals surface area contributed by atoms with E-state index in [1.807, 2.05) is 36.9 Å². The second-order valence-corrected chi connectivity index (χ2v) is 7.96. The molecule has 28 heavy (non-hydrogen) atoms. The van der Waals surface area contributed by atoms with Crippen LogP contribution in [0.2, 0.25) is 0 Å². The maximum atomic E-state index is 12.6. The van der Waals surface area contributed by atoms with Gasteiger partial charge in [-0.3, -0.25) is 14.2 Å². The molecule has 1 aromatic carbocycles. The van der Waals surface area contributed by atoms with Crippen molar-refractivity contribution in [2.75, 3.05) is 37.7 Å². The zero-order valence-corrected chi connectivity index (χ0v) is 16.6. The van der Waals surface area contributed by atoms with E-state index in [1.165, 1.54) is 0 Å². The minimum Gasteiger partial charge on any atom is -0.378 e. The highest BCUT2D eigenvalue weighted by atomic mass is 16.5. The van der Waals surface area contributed by atoms with E-state index in [2.05, 4.69) is 9.88 Å². The van der Waals surface area contributed by atoms with Crippen LogP contribution in [0, 0.1) is 0 Å². The maximum absolute atomic E-state index is 12.6. The number of amides is 1. The van der Waals surface area contributed by atoms with Crippen LogP contribution < -0.4 is 10.5 Å². The number of nitrogens with zero attached hydrogens (tertiary/aromatic N) is 4. The van der Waals surface area contributed by atoms with Gasteiger partial charge in [0.1, 0.15) is 0 Å². The van der Waals surface area contributed by atoms with Gasteiger partial charge in [0.25, 0.3) is 5.56 Å². The predicted octanol–water partition coefficient (Wildman–Crippen LogP) is 2.20. The summed E-state index contributed by atoms with van der Waals surface area (Å²) in [5.74, 6) is 0.195. The topological polar surface area (TPSA) is 67.7 Å². The number of ether oxygens (including phenoxy) is 1. The zero-order chi connectivity index (χ0) is 19.7. The number of carbonyl (C=O) groups is 1. The molecule has 2 aliphatic rings. The SMILES string of the molecule is CC(C)n1cnc2cc(N3CCN(C(=O)CC4CCCO4)CC3)ccc2c1=O. The van der Waals surface area contributed by atoms with Crippen molar-refractivity contribution in [2.24, 2.45) is 0 Å². The highest BCUT2D eigenvalue weighted by molar-refractivity contribution is 5.81. The van der Waals surface area contributed by atoms with Gasteiger partial charge in [-0.25, -0.2) is 4.98 Å². The molecule has 7 heteroatoms. The molecule has 2 aliphatic heterocycles. The van der Waals surface area contributed by atoms with Gasteiger partial charge in [-0.05, 0) is 44.9 Å². The Kier molecular flexibility index (Phi) is 5.35. The number of piperazine rings is 1. The van der Waals surface area contributed by atoms with Crippen molar-refractivity contribution in [3.63, 3.8) is 0 Å². The lowest BCUT2D eigenvalue weighted by Gasteiger charge is -2.36. The Morgan fingerprint density at radius 2 is 2.04 bits per heavy atom. The average Bonchev–Trinajstić information content (AvgIpc) is 3.21. The van der Waals surface area contributed by atoms with E-state index in [4.69, 9.17) is 4.74 Å². The number of anilines is 1. The Labute approximate surface area is 164 Å². The van der Waals surface area contributed by atoms with E-state index in [1.54, 1.807) is 10.9 Å². The molecule has 0 saturated carbocycles. The van der Waals surface area contributed by atoms with Gasteiger partial charge >= 0.3 is 0 Å². The smallest absolute Gasteiger partial charge is 0.261 e. The van der Waals surface area contributed by atoms with Crippen molar-refractivity contribution < 1.29 is 9.53 Å². The van der Waals surface area contributed by atoms with E-state index < -0.39 is 0 Å². The summed E-state index contributed by atoms with van der Waals surface area (Å²) in [6, 6.07) is 5.92.